The third kappa shape index (κ3) is 3.39. The number of aryl methyl sites for hydroxylation is 1. The highest BCUT2D eigenvalue weighted by Crippen LogP contribution is 2.37. The van der Waals surface area contributed by atoms with E-state index in [1.165, 1.54) is 0 Å². The Morgan fingerprint density at radius 3 is 3.00 bits per heavy atom. The Hall–Kier alpha value is -0.290. The Morgan fingerprint density at radius 2 is 2.29 bits per heavy atom. The van der Waals surface area contributed by atoms with Crippen LogP contribution in [0.15, 0.2) is 16.6 Å². The fraction of sp³-hybridized carbons (Fsp3) is 0.625. The van der Waals surface area contributed by atoms with Crippen LogP contribution in [0.2, 0.25) is 0 Å². The van der Waals surface area contributed by atoms with Crippen molar-refractivity contribution in [1.29, 1.82) is 0 Å². The molecule has 21 heavy (non-hydrogen) atoms. The van der Waals surface area contributed by atoms with Gasteiger partial charge in [0.2, 0.25) is 0 Å². The second kappa shape index (κ2) is 6.45. The van der Waals surface area contributed by atoms with Gasteiger partial charge in [-0.3, -0.25) is 0 Å². The third-order valence-corrected chi connectivity index (χ3v) is 5.01. The molecule has 2 aliphatic heterocycles. The number of ether oxygens (including phenoxy) is 3. The van der Waals surface area contributed by atoms with Crippen molar-refractivity contribution in [2.45, 2.75) is 43.8 Å². The standard InChI is InChI=1S/C16H20BrClO3/c1-11-6-13(17)7-12(9-18)15(11)21-14-2-4-20-16(8-14)3-5-19-10-16/h6-7,14H,2-5,8-10H2,1H3. The number of hydrogen-bond acceptors (Lipinski definition) is 3. The van der Waals surface area contributed by atoms with E-state index in [9.17, 15) is 0 Å². The van der Waals surface area contributed by atoms with E-state index in [4.69, 9.17) is 25.8 Å². The first kappa shape index (κ1) is 15.6. The van der Waals surface area contributed by atoms with Gasteiger partial charge in [-0.2, -0.15) is 0 Å². The minimum absolute atomic E-state index is 0.132. The van der Waals surface area contributed by atoms with Gasteiger partial charge in [-0.15, -0.1) is 11.6 Å². The average molecular weight is 376 g/mol. The fourth-order valence-corrected chi connectivity index (χ4v) is 4.00. The Morgan fingerprint density at radius 1 is 1.43 bits per heavy atom. The number of alkyl halides is 1. The predicted molar refractivity (Wildman–Crippen MR) is 86.2 cm³/mol. The monoisotopic (exact) mass is 374 g/mol. The summed E-state index contributed by atoms with van der Waals surface area (Å²) in [5, 5.41) is 0. The lowest BCUT2D eigenvalue weighted by Crippen LogP contribution is -2.44. The fourth-order valence-electron chi connectivity index (χ4n) is 3.18. The predicted octanol–water partition coefficient (Wildman–Crippen LogP) is 4.21. The molecule has 2 atom stereocenters. The first-order valence-electron chi connectivity index (χ1n) is 7.35. The van der Waals surface area contributed by atoms with E-state index < -0.39 is 0 Å². The zero-order chi connectivity index (χ0) is 14.9. The van der Waals surface area contributed by atoms with E-state index in [0.29, 0.717) is 12.5 Å². The zero-order valence-electron chi connectivity index (χ0n) is 12.2. The van der Waals surface area contributed by atoms with Gasteiger partial charge in [0.25, 0.3) is 0 Å². The summed E-state index contributed by atoms with van der Waals surface area (Å²) in [4.78, 5) is 0. The maximum atomic E-state index is 6.31. The molecule has 0 aliphatic carbocycles. The van der Waals surface area contributed by atoms with Crippen molar-refractivity contribution in [3.63, 3.8) is 0 Å². The second-order valence-electron chi connectivity index (χ2n) is 5.91. The van der Waals surface area contributed by atoms with Gasteiger partial charge in [-0.05, 0) is 24.6 Å². The van der Waals surface area contributed by atoms with E-state index in [0.717, 1.165) is 53.8 Å². The molecule has 2 aliphatic rings. The van der Waals surface area contributed by atoms with Gasteiger partial charge in [-0.25, -0.2) is 0 Å². The summed E-state index contributed by atoms with van der Waals surface area (Å²) in [6.45, 7) is 4.27. The lowest BCUT2D eigenvalue weighted by atomic mass is 9.91. The molecule has 0 bridgehead atoms. The van der Waals surface area contributed by atoms with E-state index in [1.54, 1.807) is 0 Å². The summed E-state index contributed by atoms with van der Waals surface area (Å²) in [6.07, 6.45) is 2.94. The van der Waals surface area contributed by atoms with Gasteiger partial charge in [-0.1, -0.05) is 15.9 Å². The van der Waals surface area contributed by atoms with E-state index in [2.05, 4.69) is 28.9 Å². The van der Waals surface area contributed by atoms with Crippen LogP contribution in [0.1, 0.15) is 30.4 Å². The van der Waals surface area contributed by atoms with E-state index in [1.807, 2.05) is 6.07 Å². The topological polar surface area (TPSA) is 27.7 Å². The molecular weight excluding hydrogens is 356 g/mol. The summed E-state index contributed by atoms with van der Waals surface area (Å²) in [7, 11) is 0. The molecule has 0 aromatic heterocycles. The highest BCUT2D eigenvalue weighted by molar-refractivity contribution is 9.10. The Labute approximate surface area is 139 Å². The minimum atomic E-state index is -0.132. The first-order chi connectivity index (χ1) is 10.1. The summed E-state index contributed by atoms with van der Waals surface area (Å²) in [5.74, 6) is 1.38. The molecule has 0 radical (unpaired) electrons. The van der Waals surface area contributed by atoms with Crippen LogP contribution in [0.5, 0.6) is 5.75 Å². The molecule has 2 unspecified atom stereocenters. The van der Waals surface area contributed by atoms with Gasteiger partial charge in [0, 0.05) is 35.9 Å². The molecule has 116 valence electrons. The van der Waals surface area contributed by atoms with E-state index >= 15 is 0 Å². The smallest absolute Gasteiger partial charge is 0.127 e. The van der Waals surface area contributed by atoms with Gasteiger partial charge in [0.1, 0.15) is 11.9 Å². The molecular formula is C16H20BrClO3. The van der Waals surface area contributed by atoms with Crippen molar-refractivity contribution < 1.29 is 14.2 Å². The number of hydrogen-bond donors (Lipinski definition) is 0. The van der Waals surface area contributed by atoms with Crippen LogP contribution in [-0.2, 0) is 15.4 Å². The highest BCUT2D eigenvalue weighted by atomic mass is 79.9. The first-order valence-corrected chi connectivity index (χ1v) is 8.68. The summed E-state index contributed by atoms with van der Waals surface area (Å²) in [6, 6.07) is 4.10. The zero-order valence-corrected chi connectivity index (χ0v) is 14.5. The lowest BCUT2D eigenvalue weighted by molar-refractivity contribution is -0.112. The molecule has 1 aromatic rings. The Bertz CT molecular complexity index is 514. The molecule has 0 saturated carbocycles. The van der Waals surface area contributed by atoms with Crippen molar-refractivity contribution in [1.82, 2.24) is 0 Å². The van der Waals surface area contributed by atoms with Gasteiger partial charge >= 0.3 is 0 Å². The molecule has 0 amide bonds. The normalized spacial score (nSPS) is 29.0. The van der Waals surface area contributed by atoms with Gasteiger partial charge in [0.15, 0.2) is 0 Å². The molecule has 2 saturated heterocycles. The molecule has 0 N–H and O–H groups in total. The number of benzene rings is 1. The molecule has 1 spiro atoms. The van der Waals surface area contributed by atoms with Crippen LogP contribution >= 0.6 is 27.5 Å². The molecule has 2 heterocycles. The van der Waals surface area contributed by atoms with Crippen molar-refractivity contribution in [3.8, 4) is 5.75 Å². The third-order valence-electron chi connectivity index (χ3n) is 4.26. The van der Waals surface area contributed by atoms with Gasteiger partial charge in [0.05, 0.1) is 24.7 Å². The van der Waals surface area contributed by atoms with Crippen LogP contribution in [0.3, 0.4) is 0 Å². The van der Waals surface area contributed by atoms with Crippen LogP contribution in [0, 0.1) is 6.92 Å². The molecule has 2 fully saturated rings. The van der Waals surface area contributed by atoms with Crippen molar-refractivity contribution in [3.05, 3.63) is 27.7 Å². The highest BCUT2D eigenvalue weighted by Gasteiger charge is 2.42. The maximum absolute atomic E-state index is 6.31. The molecule has 3 rings (SSSR count). The quantitative estimate of drug-likeness (QED) is 0.741. The molecule has 3 nitrogen and oxygen atoms in total. The molecule has 5 heteroatoms. The van der Waals surface area contributed by atoms with Crippen LogP contribution in [-0.4, -0.2) is 31.5 Å². The largest absolute Gasteiger partial charge is 0.490 e. The molecule has 1 aromatic carbocycles. The van der Waals surface area contributed by atoms with Crippen molar-refractivity contribution >= 4 is 27.5 Å². The Balaban J connectivity index is 1.77. The maximum Gasteiger partial charge on any atom is 0.127 e. The van der Waals surface area contributed by atoms with Crippen LogP contribution in [0.4, 0.5) is 0 Å². The van der Waals surface area contributed by atoms with Crippen molar-refractivity contribution in [2.75, 3.05) is 19.8 Å². The number of halogens is 2. The van der Waals surface area contributed by atoms with Crippen LogP contribution in [0.25, 0.3) is 0 Å². The SMILES string of the molecule is Cc1cc(Br)cc(CCl)c1OC1CCOC2(CCOC2)C1. The van der Waals surface area contributed by atoms with Crippen LogP contribution < -0.4 is 4.74 Å². The van der Waals surface area contributed by atoms with E-state index in [-0.39, 0.29) is 11.7 Å². The van der Waals surface area contributed by atoms with Gasteiger partial charge < -0.3 is 14.2 Å². The average Bonchev–Trinajstić information content (AvgIpc) is 2.89. The van der Waals surface area contributed by atoms with Crippen molar-refractivity contribution in [2.24, 2.45) is 0 Å². The second-order valence-corrected chi connectivity index (χ2v) is 7.09. The Kier molecular flexibility index (Phi) is 4.79. The number of rotatable bonds is 3. The lowest BCUT2D eigenvalue weighted by Gasteiger charge is -2.37. The summed E-state index contributed by atoms with van der Waals surface area (Å²) >= 11 is 9.58. The summed E-state index contributed by atoms with van der Waals surface area (Å²) < 4.78 is 18.8. The minimum Gasteiger partial charge on any atom is -0.490 e. The summed E-state index contributed by atoms with van der Waals surface area (Å²) in [5.41, 5.74) is 2.02.